The van der Waals surface area contributed by atoms with Gasteiger partial charge in [-0.25, -0.2) is 4.39 Å². The van der Waals surface area contributed by atoms with Crippen LogP contribution in [0.4, 0.5) is 15.8 Å². The van der Waals surface area contributed by atoms with Gasteiger partial charge in [-0.15, -0.1) is 0 Å². The average molecular weight is 260 g/mol. The van der Waals surface area contributed by atoms with Crippen LogP contribution in [-0.4, -0.2) is 7.11 Å². The third kappa shape index (κ3) is 3.16. The maximum absolute atomic E-state index is 13.5. The van der Waals surface area contributed by atoms with Gasteiger partial charge >= 0.3 is 0 Å². The van der Waals surface area contributed by atoms with E-state index in [4.69, 9.17) is 10.5 Å². The van der Waals surface area contributed by atoms with E-state index >= 15 is 0 Å². The van der Waals surface area contributed by atoms with Crippen molar-refractivity contribution in [1.82, 2.24) is 0 Å². The highest BCUT2D eigenvalue weighted by molar-refractivity contribution is 5.66. The van der Waals surface area contributed by atoms with Crippen LogP contribution in [0, 0.1) is 12.7 Å². The van der Waals surface area contributed by atoms with Crippen LogP contribution < -0.4 is 15.8 Å². The van der Waals surface area contributed by atoms with E-state index < -0.39 is 0 Å². The Kier molecular flexibility index (Phi) is 3.90. The quantitative estimate of drug-likeness (QED) is 0.829. The first kappa shape index (κ1) is 13.2. The Hall–Kier alpha value is -2.23. The molecule has 0 aliphatic rings. The molecule has 0 saturated carbocycles. The third-order valence-electron chi connectivity index (χ3n) is 2.91. The molecule has 0 unspecified atom stereocenters. The van der Waals surface area contributed by atoms with Gasteiger partial charge in [-0.05, 0) is 42.3 Å². The molecule has 0 aliphatic heterocycles. The number of methoxy groups -OCH3 is 1. The zero-order valence-electron chi connectivity index (χ0n) is 11.0. The molecule has 3 N–H and O–H groups in total. The lowest BCUT2D eigenvalue weighted by Crippen LogP contribution is -2.03. The smallest absolute Gasteiger partial charge is 0.165 e. The Labute approximate surface area is 112 Å². The number of halogens is 1. The topological polar surface area (TPSA) is 47.3 Å². The monoisotopic (exact) mass is 260 g/mol. The molecular formula is C15H17FN2O. The molecule has 100 valence electrons. The normalized spacial score (nSPS) is 10.3. The molecular weight excluding hydrogens is 243 g/mol. The fourth-order valence-corrected chi connectivity index (χ4v) is 1.86. The van der Waals surface area contributed by atoms with Gasteiger partial charge in [0.05, 0.1) is 18.5 Å². The van der Waals surface area contributed by atoms with Crippen molar-refractivity contribution in [2.45, 2.75) is 13.5 Å². The summed E-state index contributed by atoms with van der Waals surface area (Å²) in [4.78, 5) is 0. The Balaban J connectivity index is 2.08. The molecule has 0 heterocycles. The Bertz CT molecular complexity index is 584. The fraction of sp³-hybridized carbons (Fsp3) is 0.200. The van der Waals surface area contributed by atoms with Gasteiger partial charge in [-0.1, -0.05) is 12.1 Å². The second-order valence-corrected chi connectivity index (χ2v) is 4.41. The first-order chi connectivity index (χ1) is 9.10. The van der Waals surface area contributed by atoms with Crippen LogP contribution in [0.25, 0.3) is 0 Å². The molecule has 2 rings (SSSR count). The highest BCUT2D eigenvalue weighted by atomic mass is 19.1. The third-order valence-corrected chi connectivity index (χ3v) is 2.91. The summed E-state index contributed by atoms with van der Waals surface area (Å²) in [6.07, 6.45) is 0. The van der Waals surface area contributed by atoms with Crippen LogP contribution in [0.5, 0.6) is 5.75 Å². The first-order valence-corrected chi connectivity index (χ1v) is 6.02. The molecule has 3 nitrogen and oxygen atoms in total. The molecule has 0 spiro atoms. The molecule has 0 aliphatic carbocycles. The molecule has 19 heavy (non-hydrogen) atoms. The summed E-state index contributed by atoms with van der Waals surface area (Å²) in [5, 5.41) is 3.19. The van der Waals surface area contributed by atoms with Crippen molar-refractivity contribution in [3.8, 4) is 5.75 Å². The highest BCUT2D eigenvalue weighted by Crippen LogP contribution is 2.22. The van der Waals surface area contributed by atoms with E-state index in [1.165, 1.54) is 13.2 Å². The number of ether oxygens (including phenoxy) is 1. The maximum Gasteiger partial charge on any atom is 0.165 e. The minimum absolute atomic E-state index is 0.249. The van der Waals surface area contributed by atoms with Crippen LogP contribution in [0.3, 0.4) is 0 Å². The van der Waals surface area contributed by atoms with Gasteiger partial charge in [-0.3, -0.25) is 0 Å². The number of nitrogens with two attached hydrogens (primary N) is 1. The molecule has 0 radical (unpaired) electrons. The molecule has 0 bridgehead atoms. The van der Waals surface area contributed by atoms with E-state index in [9.17, 15) is 4.39 Å². The summed E-state index contributed by atoms with van der Waals surface area (Å²) in [7, 11) is 1.45. The van der Waals surface area contributed by atoms with Crippen LogP contribution in [-0.2, 0) is 6.54 Å². The van der Waals surface area contributed by atoms with Crippen molar-refractivity contribution in [2.24, 2.45) is 0 Å². The standard InChI is InChI=1S/C15H17FN2O/c1-10-3-5-14(13(17)7-10)18-9-11-4-6-15(19-2)12(16)8-11/h3-8,18H,9,17H2,1-2H3. The van der Waals surface area contributed by atoms with Crippen LogP contribution in [0.2, 0.25) is 0 Å². The van der Waals surface area contributed by atoms with Gasteiger partial charge in [0.2, 0.25) is 0 Å². The molecule has 0 saturated heterocycles. The molecule has 2 aromatic rings. The summed E-state index contributed by atoms with van der Waals surface area (Å²) in [5.41, 5.74) is 9.38. The molecule has 0 aromatic heterocycles. The van der Waals surface area contributed by atoms with Crippen molar-refractivity contribution in [3.63, 3.8) is 0 Å². The van der Waals surface area contributed by atoms with E-state index in [1.807, 2.05) is 31.2 Å². The molecule has 2 aromatic carbocycles. The minimum Gasteiger partial charge on any atom is -0.494 e. The van der Waals surface area contributed by atoms with Crippen LogP contribution in [0.15, 0.2) is 36.4 Å². The number of benzene rings is 2. The summed E-state index contributed by atoms with van der Waals surface area (Å²) in [5.74, 6) is -0.114. The SMILES string of the molecule is COc1ccc(CNc2ccc(C)cc2N)cc1F. The van der Waals surface area contributed by atoms with E-state index in [1.54, 1.807) is 6.07 Å². The molecule has 0 amide bonds. The van der Waals surface area contributed by atoms with Crippen LogP contribution in [0.1, 0.15) is 11.1 Å². The van der Waals surface area contributed by atoms with Crippen molar-refractivity contribution < 1.29 is 9.13 Å². The lowest BCUT2D eigenvalue weighted by Gasteiger charge is -2.11. The van der Waals surface area contributed by atoms with Gasteiger partial charge in [0.25, 0.3) is 0 Å². The van der Waals surface area contributed by atoms with E-state index in [2.05, 4.69) is 5.32 Å². The van der Waals surface area contributed by atoms with E-state index in [0.29, 0.717) is 12.2 Å². The summed E-state index contributed by atoms with van der Waals surface area (Å²) < 4.78 is 18.4. The van der Waals surface area contributed by atoms with Crippen molar-refractivity contribution >= 4 is 11.4 Å². The van der Waals surface area contributed by atoms with Crippen molar-refractivity contribution in [3.05, 3.63) is 53.3 Å². The number of nitrogens with one attached hydrogen (secondary N) is 1. The summed E-state index contributed by atoms with van der Waals surface area (Å²) in [6, 6.07) is 10.7. The molecule has 0 atom stereocenters. The summed E-state index contributed by atoms with van der Waals surface area (Å²) in [6.45, 7) is 2.49. The lowest BCUT2D eigenvalue weighted by molar-refractivity contribution is 0.386. The van der Waals surface area contributed by atoms with Gasteiger partial charge in [0.15, 0.2) is 11.6 Å². The predicted octanol–water partition coefficient (Wildman–Crippen LogP) is 3.34. The van der Waals surface area contributed by atoms with Crippen molar-refractivity contribution in [1.29, 1.82) is 0 Å². The molecule has 4 heteroatoms. The number of anilines is 2. The largest absolute Gasteiger partial charge is 0.494 e. The second-order valence-electron chi connectivity index (χ2n) is 4.41. The second kappa shape index (κ2) is 5.61. The number of aryl methyl sites for hydroxylation is 1. The fourth-order valence-electron chi connectivity index (χ4n) is 1.86. The Morgan fingerprint density at radius 3 is 2.63 bits per heavy atom. The van der Waals surface area contributed by atoms with Crippen LogP contribution >= 0.6 is 0 Å². The van der Waals surface area contributed by atoms with E-state index in [-0.39, 0.29) is 11.6 Å². The van der Waals surface area contributed by atoms with Crippen molar-refractivity contribution in [2.75, 3.05) is 18.2 Å². The number of nitrogen functional groups attached to an aromatic ring is 1. The zero-order valence-corrected chi connectivity index (χ0v) is 11.0. The van der Waals surface area contributed by atoms with Gasteiger partial charge < -0.3 is 15.8 Å². The number of hydrogen-bond acceptors (Lipinski definition) is 3. The highest BCUT2D eigenvalue weighted by Gasteiger charge is 2.04. The zero-order chi connectivity index (χ0) is 13.8. The predicted molar refractivity (Wildman–Crippen MR) is 75.9 cm³/mol. The first-order valence-electron chi connectivity index (χ1n) is 6.02. The maximum atomic E-state index is 13.5. The molecule has 0 fully saturated rings. The number of rotatable bonds is 4. The Morgan fingerprint density at radius 1 is 1.21 bits per heavy atom. The Morgan fingerprint density at radius 2 is 2.00 bits per heavy atom. The van der Waals surface area contributed by atoms with Gasteiger partial charge in [0, 0.05) is 6.54 Å². The average Bonchev–Trinajstić information content (AvgIpc) is 2.38. The van der Waals surface area contributed by atoms with E-state index in [0.717, 1.165) is 16.8 Å². The number of hydrogen-bond donors (Lipinski definition) is 2. The minimum atomic E-state index is -0.362. The lowest BCUT2D eigenvalue weighted by atomic mass is 10.1. The van der Waals surface area contributed by atoms with Gasteiger partial charge in [0.1, 0.15) is 0 Å². The summed E-state index contributed by atoms with van der Waals surface area (Å²) >= 11 is 0. The van der Waals surface area contributed by atoms with Gasteiger partial charge in [-0.2, -0.15) is 0 Å².